The third-order valence-corrected chi connectivity index (χ3v) is 2.95. The van der Waals surface area contributed by atoms with Gasteiger partial charge in [-0.25, -0.2) is 4.98 Å². The van der Waals surface area contributed by atoms with Crippen LogP contribution in [0.3, 0.4) is 0 Å². The van der Waals surface area contributed by atoms with Crippen molar-refractivity contribution in [1.29, 1.82) is 0 Å². The highest BCUT2D eigenvalue weighted by Crippen LogP contribution is 2.00. The quantitative estimate of drug-likeness (QED) is 0.811. The lowest BCUT2D eigenvalue weighted by Crippen LogP contribution is -2.29. The lowest BCUT2D eigenvalue weighted by atomic mass is 10.3. The number of carbonyl (C=O) groups is 1. The van der Waals surface area contributed by atoms with E-state index < -0.39 is 11.5 Å². The summed E-state index contributed by atoms with van der Waals surface area (Å²) in [6.45, 7) is 1.77. The van der Waals surface area contributed by atoms with Crippen LogP contribution in [0.15, 0.2) is 35.4 Å². The second kappa shape index (κ2) is 6.65. The minimum Gasteiger partial charge on any atom is -0.480 e. The number of hydrogen-bond acceptors (Lipinski definition) is 5. The van der Waals surface area contributed by atoms with Crippen LogP contribution in [0.25, 0.3) is 0 Å². The zero-order chi connectivity index (χ0) is 15.2. The van der Waals surface area contributed by atoms with Crippen molar-refractivity contribution in [1.82, 2.24) is 14.5 Å². The molecule has 0 saturated carbocycles. The van der Waals surface area contributed by atoms with Crippen molar-refractivity contribution in [2.45, 2.75) is 19.9 Å². The Morgan fingerprint density at radius 3 is 2.86 bits per heavy atom. The van der Waals surface area contributed by atoms with Gasteiger partial charge in [0, 0.05) is 36.7 Å². The fraction of sp³-hybridized carbons (Fsp3) is 0.286. The van der Waals surface area contributed by atoms with Gasteiger partial charge in [0.15, 0.2) is 5.82 Å². The normalized spacial score (nSPS) is 10.3. The Morgan fingerprint density at radius 2 is 2.19 bits per heavy atom. The molecule has 0 aliphatic rings. The molecule has 0 spiro atoms. The van der Waals surface area contributed by atoms with E-state index in [-0.39, 0.29) is 12.4 Å². The maximum Gasteiger partial charge on any atom is 0.323 e. The molecule has 0 radical (unpaired) electrons. The van der Waals surface area contributed by atoms with Crippen LogP contribution < -0.4 is 10.9 Å². The summed E-state index contributed by atoms with van der Waals surface area (Å²) in [6, 6.07) is 5.63. The van der Waals surface area contributed by atoms with Gasteiger partial charge in [-0.05, 0) is 19.1 Å². The van der Waals surface area contributed by atoms with Crippen molar-refractivity contribution in [3.05, 3.63) is 52.3 Å². The molecule has 0 amide bonds. The van der Waals surface area contributed by atoms with E-state index in [1.54, 1.807) is 13.1 Å². The highest BCUT2D eigenvalue weighted by Gasteiger charge is 2.10. The molecule has 21 heavy (non-hydrogen) atoms. The molecule has 2 heterocycles. The topological polar surface area (TPSA) is 97.1 Å². The molecule has 2 aromatic heterocycles. The smallest absolute Gasteiger partial charge is 0.323 e. The number of hydrogen-bond donors (Lipinski definition) is 2. The van der Waals surface area contributed by atoms with Crippen LogP contribution in [-0.2, 0) is 17.8 Å². The highest BCUT2D eigenvalue weighted by molar-refractivity contribution is 5.66. The number of nitrogens with zero attached hydrogens (tertiary/aromatic N) is 3. The summed E-state index contributed by atoms with van der Waals surface area (Å²) >= 11 is 0. The van der Waals surface area contributed by atoms with E-state index in [0.717, 1.165) is 5.69 Å². The zero-order valence-electron chi connectivity index (χ0n) is 11.6. The number of pyridine rings is 1. The SMILES string of the molecule is Cc1cnc(NCCc2ccccn2)c(=O)n1CC(=O)O. The first kappa shape index (κ1) is 14.7. The average Bonchev–Trinajstić information content (AvgIpc) is 2.47. The molecule has 110 valence electrons. The van der Waals surface area contributed by atoms with Crippen LogP contribution in [-0.4, -0.2) is 32.2 Å². The molecule has 7 heteroatoms. The summed E-state index contributed by atoms with van der Waals surface area (Å²) in [5.41, 5.74) is 0.985. The number of rotatable bonds is 6. The van der Waals surface area contributed by atoms with Crippen molar-refractivity contribution in [3.63, 3.8) is 0 Å². The number of carboxylic acid groups (broad SMARTS) is 1. The molecule has 2 rings (SSSR count). The largest absolute Gasteiger partial charge is 0.480 e. The Balaban J connectivity index is 2.07. The maximum absolute atomic E-state index is 12.1. The number of carboxylic acids is 1. The van der Waals surface area contributed by atoms with E-state index in [1.165, 1.54) is 10.8 Å². The van der Waals surface area contributed by atoms with Crippen LogP contribution in [0.4, 0.5) is 5.82 Å². The number of nitrogens with one attached hydrogen (secondary N) is 1. The summed E-state index contributed by atoms with van der Waals surface area (Å²) in [7, 11) is 0. The number of aliphatic carboxylic acids is 1. The van der Waals surface area contributed by atoms with E-state index in [0.29, 0.717) is 18.7 Å². The third-order valence-electron chi connectivity index (χ3n) is 2.95. The minimum atomic E-state index is -1.06. The van der Waals surface area contributed by atoms with Gasteiger partial charge in [0.1, 0.15) is 6.54 Å². The van der Waals surface area contributed by atoms with Gasteiger partial charge >= 0.3 is 5.97 Å². The lowest BCUT2D eigenvalue weighted by molar-refractivity contribution is -0.137. The van der Waals surface area contributed by atoms with E-state index in [9.17, 15) is 9.59 Å². The van der Waals surface area contributed by atoms with Crippen LogP contribution in [0.5, 0.6) is 0 Å². The average molecular weight is 288 g/mol. The van der Waals surface area contributed by atoms with Gasteiger partial charge < -0.3 is 10.4 Å². The van der Waals surface area contributed by atoms with Crippen LogP contribution in [0.1, 0.15) is 11.4 Å². The Labute approximate surface area is 121 Å². The van der Waals surface area contributed by atoms with Gasteiger partial charge in [0.2, 0.25) is 0 Å². The van der Waals surface area contributed by atoms with E-state index in [4.69, 9.17) is 5.11 Å². The van der Waals surface area contributed by atoms with Crippen LogP contribution in [0.2, 0.25) is 0 Å². The van der Waals surface area contributed by atoms with Gasteiger partial charge in [-0.2, -0.15) is 0 Å². The van der Waals surface area contributed by atoms with Gasteiger partial charge in [-0.15, -0.1) is 0 Å². The second-order valence-electron chi connectivity index (χ2n) is 4.53. The summed E-state index contributed by atoms with van der Waals surface area (Å²) in [4.78, 5) is 31.1. The first-order valence-electron chi connectivity index (χ1n) is 6.50. The second-order valence-corrected chi connectivity index (χ2v) is 4.53. The Hall–Kier alpha value is -2.70. The summed E-state index contributed by atoms with van der Waals surface area (Å²) < 4.78 is 1.18. The molecule has 0 saturated heterocycles. The highest BCUT2D eigenvalue weighted by atomic mass is 16.4. The third kappa shape index (κ3) is 3.88. The fourth-order valence-electron chi connectivity index (χ4n) is 1.88. The number of anilines is 1. The molecule has 0 aromatic carbocycles. The summed E-state index contributed by atoms with van der Waals surface area (Å²) in [6.07, 6.45) is 3.83. The molecule has 0 aliphatic carbocycles. The number of aryl methyl sites for hydroxylation is 1. The molecule has 0 atom stereocenters. The van der Waals surface area contributed by atoms with E-state index >= 15 is 0 Å². The molecule has 0 fully saturated rings. The van der Waals surface area contributed by atoms with E-state index in [1.807, 2.05) is 18.2 Å². The van der Waals surface area contributed by atoms with Crippen molar-refractivity contribution >= 4 is 11.8 Å². The van der Waals surface area contributed by atoms with Crippen LogP contribution >= 0.6 is 0 Å². The van der Waals surface area contributed by atoms with Crippen molar-refractivity contribution < 1.29 is 9.90 Å². The molecule has 7 nitrogen and oxygen atoms in total. The molecule has 2 N–H and O–H groups in total. The number of aromatic nitrogens is 3. The van der Waals surface area contributed by atoms with Gasteiger partial charge in [-0.3, -0.25) is 19.1 Å². The Kier molecular flexibility index (Phi) is 4.65. The lowest BCUT2D eigenvalue weighted by Gasteiger charge is -2.10. The predicted octanol–water partition coefficient (Wildman–Crippen LogP) is 0.686. The molecule has 0 unspecified atom stereocenters. The first-order chi connectivity index (χ1) is 10.1. The van der Waals surface area contributed by atoms with Gasteiger partial charge in [0.05, 0.1) is 0 Å². The van der Waals surface area contributed by atoms with E-state index in [2.05, 4.69) is 15.3 Å². The molecule has 0 bridgehead atoms. The maximum atomic E-state index is 12.1. The Bertz CT molecular complexity index is 682. The molecular weight excluding hydrogens is 272 g/mol. The molecular formula is C14H16N4O3. The molecule has 2 aromatic rings. The standard InChI is InChI=1S/C14H16N4O3/c1-10-8-17-13(14(21)18(10)9-12(19)20)16-7-5-11-4-2-3-6-15-11/h2-4,6,8H,5,7,9H2,1H3,(H,16,17)(H,19,20). The predicted molar refractivity (Wildman–Crippen MR) is 77.3 cm³/mol. The Morgan fingerprint density at radius 1 is 1.38 bits per heavy atom. The minimum absolute atomic E-state index is 0.151. The summed E-state index contributed by atoms with van der Waals surface area (Å²) in [5, 5.41) is 11.7. The van der Waals surface area contributed by atoms with Crippen molar-refractivity contribution in [2.75, 3.05) is 11.9 Å². The zero-order valence-corrected chi connectivity index (χ0v) is 11.6. The first-order valence-corrected chi connectivity index (χ1v) is 6.50. The summed E-state index contributed by atoms with van der Waals surface area (Å²) in [5.74, 6) is -0.913. The van der Waals surface area contributed by atoms with Gasteiger partial charge in [0.25, 0.3) is 5.56 Å². The fourth-order valence-corrected chi connectivity index (χ4v) is 1.88. The van der Waals surface area contributed by atoms with Crippen molar-refractivity contribution in [2.24, 2.45) is 0 Å². The monoisotopic (exact) mass is 288 g/mol. The van der Waals surface area contributed by atoms with Crippen molar-refractivity contribution in [3.8, 4) is 0 Å². The van der Waals surface area contributed by atoms with Gasteiger partial charge in [-0.1, -0.05) is 6.07 Å². The van der Waals surface area contributed by atoms with Crippen LogP contribution in [0, 0.1) is 6.92 Å². The molecule has 0 aliphatic heterocycles.